The number of hydrogen-bond acceptors (Lipinski definition) is 4. The quantitative estimate of drug-likeness (QED) is 0.580. The Morgan fingerprint density at radius 3 is 2.36 bits per heavy atom. The zero-order valence-electron chi connectivity index (χ0n) is 17.0. The molecular weight excluding hydrogens is 354 g/mol. The summed E-state index contributed by atoms with van der Waals surface area (Å²) in [6.07, 6.45) is 0.00439. The van der Waals surface area contributed by atoms with E-state index in [1.54, 1.807) is 13.0 Å². The van der Waals surface area contributed by atoms with Gasteiger partial charge in [0.25, 0.3) is 0 Å². The second-order valence-corrected chi connectivity index (χ2v) is 6.60. The van der Waals surface area contributed by atoms with E-state index in [2.05, 4.69) is 5.32 Å². The Bertz CT molecular complexity index is 1020. The third-order valence-electron chi connectivity index (χ3n) is 4.39. The Labute approximate surface area is 165 Å². The first-order valence-electron chi connectivity index (χ1n) is 9.48. The van der Waals surface area contributed by atoms with Gasteiger partial charge in [0.2, 0.25) is 0 Å². The van der Waals surface area contributed by atoms with Crippen molar-refractivity contribution in [2.45, 2.75) is 47.1 Å². The fourth-order valence-corrected chi connectivity index (χ4v) is 3.30. The van der Waals surface area contributed by atoms with E-state index in [-0.39, 0.29) is 12.5 Å². The minimum Gasteiger partial charge on any atom is -0.481 e. The summed E-state index contributed by atoms with van der Waals surface area (Å²) >= 11 is 0. The summed E-state index contributed by atoms with van der Waals surface area (Å²) in [5.74, 6) is -0.866. The molecule has 28 heavy (non-hydrogen) atoms. The number of carbonyl (C=O) groups is 1. The van der Waals surface area contributed by atoms with Gasteiger partial charge in [0, 0.05) is 34.8 Å². The van der Waals surface area contributed by atoms with Gasteiger partial charge < -0.3 is 14.8 Å². The molecule has 0 unspecified atom stereocenters. The molecule has 0 aliphatic carbocycles. The molecule has 1 atom stereocenters. The summed E-state index contributed by atoms with van der Waals surface area (Å²) < 4.78 is 5.39. The highest BCUT2D eigenvalue weighted by Gasteiger charge is 2.13. The molecule has 2 N–H and O–H groups in total. The minimum atomic E-state index is -0.866. The zero-order valence-corrected chi connectivity index (χ0v) is 17.0. The molecule has 0 spiro atoms. The van der Waals surface area contributed by atoms with Gasteiger partial charge in [0.15, 0.2) is 0 Å². The molecule has 1 aromatic heterocycles. The molecular formula is C23H27NO4. The molecule has 0 radical (unpaired) electrons. The van der Waals surface area contributed by atoms with Gasteiger partial charge in [0.05, 0.1) is 6.42 Å². The Hall–Kier alpha value is -3.08. The van der Waals surface area contributed by atoms with Crippen molar-refractivity contribution in [1.29, 1.82) is 0 Å². The van der Waals surface area contributed by atoms with E-state index >= 15 is 0 Å². The van der Waals surface area contributed by atoms with Crippen LogP contribution < -0.4 is 10.9 Å². The molecule has 5 nitrogen and oxygen atoms in total. The first-order valence-corrected chi connectivity index (χ1v) is 9.48. The highest BCUT2D eigenvalue weighted by atomic mass is 16.4. The number of carboxylic acids is 1. The van der Waals surface area contributed by atoms with Gasteiger partial charge in [-0.1, -0.05) is 32.0 Å². The zero-order chi connectivity index (χ0) is 20.8. The van der Waals surface area contributed by atoms with Crippen molar-refractivity contribution < 1.29 is 14.3 Å². The van der Waals surface area contributed by atoms with E-state index in [1.165, 1.54) is 6.07 Å². The van der Waals surface area contributed by atoms with Crippen LogP contribution in [0.1, 0.15) is 38.3 Å². The summed E-state index contributed by atoms with van der Waals surface area (Å²) in [6.45, 7) is 9.83. The van der Waals surface area contributed by atoms with E-state index in [0.717, 1.165) is 27.6 Å². The average Bonchev–Trinajstić information content (AvgIpc) is 2.62. The van der Waals surface area contributed by atoms with Gasteiger partial charge in [-0.25, -0.2) is 4.79 Å². The molecule has 3 rings (SSSR count). The summed E-state index contributed by atoms with van der Waals surface area (Å²) in [5.41, 5.74) is 4.84. The lowest BCUT2D eigenvalue weighted by Crippen LogP contribution is -2.19. The monoisotopic (exact) mass is 381 g/mol. The van der Waals surface area contributed by atoms with Gasteiger partial charge in [-0.05, 0) is 49.6 Å². The van der Waals surface area contributed by atoms with Gasteiger partial charge in [-0.2, -0.15) is 0 Å². The fourth-order valence-electron chi connectivity index (χ4n) is 3.30. The van der Waals surface area contributed by atoms with E-state index < -0.39 is 11.6 Å². The maximum Gasteiger partial charge on any atom is 0.336 e. The molecule has 0 fully saturated rings. The largest absolute Gasteiger partial charge is 0.481 e. The second-order valence-electron chi connectivity index (χ2n) is 6.60. The molecule has 5 heteroatoms. The Kier molecular flexibility index (Phi) is 6.99. The van der Waals surface area contributed by atoms with Crippen LogP contribution in [-0.2, 0) is 4.79 Å². The van der Waals surface area contributed by atoms with E-state index in [1.807, 2.05) is 58.0 Å². The Morgan fingerprint density at radius 1 is 1.11 bits per heavy atom. The van der Waals surface area contributed by atoms with Crippen LogP contribution in [-0.4, -0.2) is 17.1 Å². The van der Waals surface area contributed by atoms with Gasteiger partial charge in [-0.3, -0.25) is 4.79 Å². The van der Waals surface area contributed by atoms with Crippen LogP contribution in [0.4, 0.5) is 5.69 Å². The number of aryl methyl sites for hydroxylation is 2. The number of fused-ring (bicyclic) bond motifs is 1. The maximum atomic E-state index is 12.1. The standard InChI is InChI=1S/C21H21NO4.C2H6/c1-12-5-4-6-13(2)21(12)17-11-20(25)26-18-10-15(7-8-16(17)18)22-14(3)9-19(23)24;1-2/h4-8,10-11,14,22H,9H2,1-3H3,(H,23,24);1-2H3/t14-;/m0./s1. The number of hydrogen-bond donors (Lipinski definition) is 2. The summed E-state index contributed by atoms with van der Waals surface area (Å²) in [7, 11) is 0. The molecule has 0 aliphatic heterocycles. The topological polar surface area (TPSA) is 79.5 Å². The molecule has 3 aromatic rings. The third kappa shape index (κ3) is 4.80. The van der Waals surface area contributed by atoms with E-state index in [0.29, 0.717) is 11.3 Å². The maximum absolute atomic E-state index is 12.1. The predicted molar refractivity (Wildman–Crippen MR) is 114 cm³/mol. The number of anilines is 1. The smallest absolute Gasteiger partial charge is 0.336 e. The van der Waals surface area contributed by atoms with Crippen molar-refractivity contribution in [3.8, 4) is 11.1 Å². The molecule has 0 amide bonds. The lowest BCUT2D eigenvalue weighted by Gasteiger charge is -2.15. The Balaban J connectivity index is 0.00000136. The normalized spacial score (nSPS) is 11.5. The van der Waals surface area contributed by atoms with Gasteiger partial charge in [0.1, 0.15) is 5.58 Å². The lowest BCUT2D eigenvalue weighted by molar-refractivity contribution is -0.137. The molecule has 148 valence electrons. The number of carboxylic acid groups (broad SMARTS) is 1. The summed E-state index contributed by atoms with van der Waals surface area (Å²) in [4.78, 5) is 22.9. The van der Waals surface area contributed by atoms with Crippen LogP contribution >= 0.6 is 0 Å². The predicted octanol–water partition coefficient (Wildman–Crippen LogP) is 5.38. The molecule has 0 saturated carbocycles. The van der Waals surface area contributed by atoms with E-state index in [4.69, 9.17) is 9.52 Å². The first kappa shape index (κ1) is 21.2. The van der Waals surface area contributed by atoms with Crippen molar-refractivity contribution in [3.63, 3.8) is 0 Å². The molecule has 0 bridgehead atoms. The van der Waals surface area contributed by atoms with Gasteiger partial charge in [-0.15, -0.1) is 0 Å². The van der Waals surface area contributed by atoms with Crippen LogP contribution in [0, 0.1) is 13.8 Å². The molecule has 2 aromatic carbocycles. The number of aliphatic carboxylic acids is 1. The van der Waals surface area contributed by atoms with Crippen LogP contribution in [0.5, 0.6) is 0 Å². The Morgan fingerprint density at radius 2 is 1.75 bits per heavy atom. The van der Waals surface area contributed by atoms with Crippen LogP contribution in [0.15, 0.2) is 51.7 Å². The minimum absolute atomic E-state index is 0.00439. The third-order valence-corrected chi connectivity index (χ3v) is 4.39. The average molecular weight is 381 g/mol. The van der Waals surface area contributed by atoms with Crippen molar-refractivity contribution >= 4 is 22.6 Å². The fraction of sp³-hybridized carbons (Fsp3) is 0.304. The SMILES string of the molecule is CC.Cc1cccc(C)c1-c1cc(=O)oc2cc(N[C@@H](C)CC(=O)O)ccc12. The number of rotatable bonds is 5. The second kappa shape index (κ2) is 9.22. The van der Waals surface area contributed by atoms with Crippen LogP contribution in [0.2, 0.25) is 0 Å². The number of benzene rings is 2. The molecule has 0 aliphatic rings. The van der Waals surface area contributed by atoms with E-state index in [9.17, 15) is 9.59 Å². The molecule has 0 saturated heterocycles. The summed E-state index contributed by atoms with van der Waals surface area (Å²) in [5, 5.41) is 12.9. The molecule has 1 heterocycles. The van der Waals surface area contributed by atoms with Crippen molar-refractivity contribution in [3.05, 3.63) is 64.0 Å². The number of nitrogens with one attached hydrogen (secondary N) is 1. The van der Waals surface area contributed by atoms with Crippen molar-refractivity contribution in [1.82, 2.24) is 0 Å². The van der Waals surface area contributed by atoms with Crippen molar-refractivity contribution in [2.24, 2.45) is 0 Å². The first-order chi connectivity index (χ1) is 13.3. The van der Waals surface area contributed by atoms with Crippen LogP contribution in [0.25, 0.3) is 22.1 Å². The highest BCUT2D eigenvalue weighted by Crippen LogP contribution is 2.33. The summed E-state index contributed by atoms with van der Waals surface area (Å²) in [6, 6.07) is 12.8. The van der Waals surface area contributed by atoms with Gasteiger partial charge >= 0.3 is 11.6 Å². The lowest BCUT2D eigenvalue weighted by atomic mass is 9.94. The highest BCUT2D eigenvalue weighted by molar-refractivity contribution is 5.96. The van der Waals surface area contributed by atoms with Crippen LogP contribution in [0.3, 0.4) is 0 Å². The van der Waals surface area contributed by atoms with Crippen molar-refractivity contribution in [2.75, 3.05) is 5.32 Å².